The summed E-state index contributed by atoms with van der Waals surface area (Å²) in [4.78, 5) is 17.8. The number of aromatic nitrogens is 2. The van der Waals surface area contributed by atoms with Crippen LogP contribution in [0.25, 0.3) is 5.69 Å². The Morgan fingerprint density at radius 2 is 2.10 bits per heavy atom. The Balaban J connectivity index is 1.41. The Bertz CT molecular complexity index is 619. The second-order valence-corrected chi connectivity index (χ2v) is 5.97. The first-order valence-electron chi connectivity index (χ1n) is 7.37. The maximum atomic E-state index is 11.3. The predicted molar refractivity (Wildman–Crippen MR) is 78.9 cm³/mol. The molecule has 21 heavy (non-hydrogen) atoms. The summed E-state index contributed by atoms with van der Waals surface area (Å²) in [6, 6.07) is 8.94. The van der Waals surface area contributed by atoms with Crippen molar-refractivity contribution in [2.75, 3.05) is 13.1 Å². The summed E-state index contributed by atoms with van der Waals surface area (Å²) in [5.41, 5.74) is 2.44. The maximum absolute atomic E-state index is 11.3. The zero-order valence-corrected chi connectivity index (χ0v) is 11.8. The Kier molecular flexibility index (Phi) is 3.00. The van der Waals surface area contributed by atoms with Crippen molar-refractivity contribution in [3.63, 3.8) is 0 Å². The van der Waals surface area contributed by atoms with Crippen molar-refractivity contribution in [2.45, 2.75) is 19.0 Å². The number of carbonyl (C=O) groups excluding carboxylic acids is 1. The molecule has 5 heteroatoms. The van der Waals surface area contributed by atoms with Crippen LogP contribution < -0.4 is 5.32 Å². The fourth-order valence-corrected chi connectivity index (χ4v) is 3.41. The fourth-order valence-electron chi connectivity index (χ4n) is 3.41. The normalized spacial score (nSPS) is 25.0. The van der Waals surface area contributed by atoms with Crippen LogP contribution in [0.15, 0.2) is 43.0 Å². The van der Waals surface area contributed by atoms with Crippen LogP contribution in [0.3, 0.4) is 0 Å². The Labute approximate surface area is 123 Å². The van der Waals surface area contributed by atoms with Crippen molar-refractivity contribution in [1.29, 1.82) is 0 Å². The number of likely N-dealkylation sites (tertiary alicyclic amines) is 1. The molecule has 0 spiro atoms. The largest absolute Gasteiger partial charge is 0.352 e. The van der Waals surface area contributed by atoms with Crippen LogP contribution in [0.1, 0.15) is 12.0 Å². The van der Waals surface area contributed by atoms with Gasteiger partial charge in [-0.1, -0.05) is 12.1 Å². The second kappa shape index (κ2) is 5.00. The molecule has 1 amide bonds. The average molecular weight is 282 g/mol. The van der Waals surface area contributed by atoms with Crippen LogP contribution in [0.5, 0.6) is 0 Å². The quantitative estimate of drug-likeness (QED) is 0.920. The fraction of sp³-hybridized carbons (Fsp3) is 0.375. The third-order valence-corrected chi connectivity index (χ3v) is 4.46. The van der Waals surface area contributed by atoms with Crippen LogP contribution >= 0.6 is 0 Å². The number of fused-ring (bicyclic) bond motifs is 1. The molecule has 2 aromatic rings. The minimum atomic E-state index is 0.217. The van der Waals surface area contributed by atoms with E-state index in [1.807, 2.05) is 10.8 Å². The van der Waals surface area contributed by atoms with Crippen LogP contribution in [-0.2, 0) is 11.3 Å². The van der Waals surface area contributed by atoms with Gasteiger partial charge in [0.05, 0.1) is 6.33 Å². The van der Waals surface area contributed by atoms with E-state index in [1.165, 1.54) is 5.56 Å². The molecule has 0 aliphatic carbocycles. The topological polar surface area (TPSA) is 50.2 Å². The van der Waals surface area contributed by atoms with E-state index in [9.17, 15) is 4.79 Å². The molecule has 0 saturated carbocycles. The summed E-state index contributed by atoms with van der Waals surface area (Å²) in [5, 5.41) is 3.07. The van der Waals surface area contributed by atoms with Gasteiger partial charge < -0.3 is 9.88 Å². The van der Waals surface area contributed by atoms with Gasteiger partial charge in [-0.2, -0.15) is 0 Å². The van der Waals surface area contributed by atoms with Gasteiger partial charge in [0.25, 0.3) is 0 Å². The summed E-state index contributed by atoms with van der Waals surface area (Å²) in [6.45, 7) is 2.94. The summed E-state index contributed by atoms with van der Waals surface area (Å²) < 4.78 is 2.00. The molecule has 0 bridgehead atoms. The number of imidazole rings is 1. The molecular formula is C16H18N4O. The number of rotatable bonds is 3. The van der Waals surface area contributed by atoms with Crippen molar-refractivity contribution >= 4 is 5.91 Å². The van der Waals surface area contributed by atoms with E-state index in [2.05, 4.69) is 39.5 Å². The highest BCUT2D eigenvalue weighted by Crippen LogP contribution is 2.26. The molecule has 2 atom stereocenters. The Morgan fingerprint density at radius 3 is 2.81 bits per heavy atom. The SMILES string of the molecule is O=C1C[C@H]2CN(Cc3ccc(-n4ccnc4)cc3)C[C@H]2N1. The van der Waals surface area contributed by atoms with E-state index in [1.54, 1.807) is 12.5 Å². The van der Waals surface area contributed by atoms with Crippen LogP contribution in [0, 0.1) is 5.92 Å². The molecule has 108 valence electrons. The minimum Gasteiger partial charge on any atom is -0.352 e. The van der Waals surface area contributed by atoms with Crippen molar-refractivity contribution in [2.24, 2.45) is 5.92 Å². The third kappa shape index (κ3) is 2.45. The predicted octanol–water partition coefficient (Wildman–Crippen LogP) is 1.19. The molecule has 3 heterocycles. The van der Waals surface area contributed by atoms with Gasteiger partial charge in [-0.05, 0) is 17.7 Å². The Hall–Kier alpha value is -2.14. The standard InChI is InChI=1S/C16H18N4O/c21-16-7-13-9-19(10-15(13)18-16)8-12-1-3-14(4-2-12)20-6-5-17-11-20/h1-6,11,13,15H,7-10H2,(H,18,21)/t13-,15+/m0/s1. The third-order valence-electron chi connectivity index (χ3n) is 4.46. The highest BCUT2D eigenvalue weighted by Gasteiger charge is 2.39. The minimum absolute atomic E-state index is 0.217. The lowest BCUT2D eigenvalue weighted by Gasteiger charge is -2.17. The average Bonchev–Trinajstić information content (AvgIpc) is 3.16. The van der Waals surface area contributed by atoms with Gasteiger partial charge in [-0.3, -0.25) is 9.69 Å². The molecular weight excluding hydrogens is 264 g/mol. The zero-order valence-electron chi connectivity index (χ0n) is 11.8. The molecule has 0 unspecified atom stereocenters. The van der Waals surface area contributed by atoms with Gasteiger partial charge in [-0.15, -0.1) is 0 Å². The monoisotopic (exact) mass is 282 g/mol. The lowest BCUT2D eigenvalue weighted by atomic mass is 10.1. The van der Waals surface area contributed by atoms with Gasteiger partial charge in [0, 0.05) is 56.1 Å². The van der Waals surface area contributed by atoms with E-state index in [-0.39, 0.29) is 5.91 Å². The van der Waals surface area contributed by atoms with Crippen LogP contribution in [0.4, 0.5) is 0 Å². The number of hydrogen-bond donors (Lipinski definition) is 1. The molecule has 1 N–H and O–H groups in total. The van der Waals surface area contributed by atoms with E-state index < -0.39 is 0 Å². The first-order valence-corrected chi connectivity index (χ1v) is 7.37. The summed E-state index contributed by atoms with van der Waals surface area (Å²) >= 11 is 0. The highest BCUT2D eigenvalue weighted by atomic mass is 16.2. The first-order chi connectivity index (χ1) is 10.3. The van der Waals surface area contributed by atoms with Crippen molar-refractivity contribution in [1.82, 2.24) is 19.8 Å². The van der Waals surface area contributed by atoms with Gasteiger partial charge in [-0.25, -0.2) is 4.98 Å². The lowest BCUT2D eigenvalue weighted by Crippen LogP contribution is -2.32. The van der Waals surface area contributed by atoms with E-state index in [0.717, 1.165) is 25.3 Å². The second-order valence-electron chi connectivity index (χ2n) is 5.97. The summed E-state index contributed by atoms with van der Waals surface area (Å²) in [6.07, 6.45) is 6.23. The van der Waals surface area contributed by atoms with Gasteiger partial charge in [0.2, 0.25) is 5.91 Å². The molecule has 2 aliphatic rings. The molecule has 2 saturated heterocycles. The van der Waals surface area contributed by atoms with Gasteiger partial charge >= 0.3 is 0 Å². The lowest BCUT2D eigenvalue weighted by molar-refractivity contribution is -0.119. The van der Waals surface area contributed by atoms with Crippen LogP contribution in [-0.4, -0.2) is 39.5 Å². The number of benzene rings is 1. The number of nitrogens with zero attached hydrogens (tertiary/aromatic N) is 3. The smallest absolute Gasteiger partial charge is 0.220 e. The molecule has 1 aromatic carbocycles. The van der Waals surface area contributed by atoms with E-state index >= 15 is 0 Å². The maximum Gasteiger partial charge on any atom is 0.220 e. The number of nitrogens with one attached hydrogen (secondary N) is 1. The first kappa shape index (κ1) is 12.6. The van der Waals surface area contributed by atoms with Crippen molar-refractivity contribution < 1.29 is 4.79 Å². The summed E-state index contributed by atoms with van der Waals surface area (Å²) in [5.74, 6) is 0.719. The number of carbonyl (C=O) groups is 1. The van der Waals surface area contributed by atoms with E-state index in [4.69, 9.17) is 0 Å². The van der Waals surface area contributed by atoms with Crippen molar-refractivity contribution in [3.05, 3.63) is 48.5 Å². The molecule has 2 fully saturated rings. The number of amides is 1. The van der Waals surface area contributed by atoms with Gasteiger partial charge in [0.15, 0.2) is 0 Å². The molecule has 2 aliphatic heterocycles. The molecule has 4 rings (SSSR count). The van der Waals surface area contributed by atoms with E-state index in [0.29, 0.717) is 18.4 Å². The molecule has 1 aromatic heterocycles. The van der Waals surface area contributed by atoms with Crippen molar-refractivity contribution in [3.8, 4) is 5.69 Å². The van der Waals surface area contributed by atoms with Crippen LogP contribution in [0.2, 0.25) is 0 Å². The molecule has 0 radical (unpaired) electrons. The van der Waals surface area contributed by atoms with Gasteiger partial charge in [0.1, 0.15) is 0 Å². The number of hydrogen-bond acceptors (Lipinski definition) is 3. The highest BCUT2D eigenvalue weighted by molar-refractivity contribution is 5.79. The Morgan fingerprint density at radius 1 is 1.24 bits per heavy atom. The molecule has 5 nitrogen and oxygen atoms in total. The summed E-state index contributed by atoms with van der Waals surface area (Å²) in [7, 11) is 0. The zero-order chi connectivity index (χ0) is 14.2.